The lowest BCUT2D eigenvalue weighted by Gasteiger charge is -2.13. The summed E-state index contributed by atoms with van der Waals surface area (Å²) in [5.74, 6) is 0. The molecular formula is C16H19N. The molecule has 0 unspecified atom stereocenters. The van der Waals surface area contributed by atoms with E-state index < -0.39 is 0 Å². The molecule has 0 aromatic heterocycles. The summed E-state index contributed by atoms with van der Waals surface area (Å²) >= 11 is 0. The van der Waals surface area contributed by atoms with Crippen molar-refractivity contribution in [3.05, 3.63) is 52.6 Å². The number of benzene rings is 2. The van der Waals surface area contributed by atoms with Gasteiger partial charge in [-0.15, -0.1) is 0 Å². The number of nitrogens with two attached hydrogens (primary N) is 1. The smallest absolute Gasteiger partial charge is 0.0344 e. The molecule has 2 rings (SSSR count). The number of anilines is 1. The molecule has 17 heavy (non-hydrogen) atoms. The molecule has 0 heterocycles. The van der Waals surface area contributed by atoms with Crippen LogP contribution in [0.25, 0.3) is 11.1 Å². The van der Waals surface area contributed by atoms with Crippen LogP contribution in [0.3, 0.4) is 0 Å². The molecule has 2 N–H and O–H groups in total. The van der Waals surface area contributed by atoms with Crippen molar-refractivity contribution >= 4 is 5.69 Å². The largest absolute Gasteiger partial charge is 0.399 e. The van der Waals surface area contributed by atoms with E-state index in [2.05, 4.69) is 52.0 Å². The second kappa shape index (κ2) is 4.25. The van der Waals surface area contributed by atoms with Gasteiger partial charge >= 0.3 is 0 Å². The summed E-state index contributed by atoms with van der Waals surface area (Å²) in [4.78, 5) is 0. The molecule has 1 heteroatoms. The topological polar surface area (TPSA) is 26.0 Å². The van der Waals surface area contributed by atoms with Crippen LogP contribution in [0.4, 0.5) is 5.69 Å². The molecule has 0 saturated heterocycles. The lowest BCUT2D eigenvalue weighted by atomic mass is 9.93. The van der Waals surface area contributed by atoms with Crippen LogP contribution in [0.2, 0.25) is 0 Å². The summed E-state index contributed by atoms with van der Waals surface area (Å²) in [6, 6.07) is 10.7. The van der Waals surface area contributed by atoms with Crippen LogP contribution in [0, 0.1) is 27.7 Å². The van der Waals surface area contributed by atoms with Gasteiger partial charge in [-0.05, 0) is 67.6 Å². The van der Waals surface area contributed by atoms with Crippen LogP contribution in [0.1, 0.15) is 22.3 Å². The predicted molar refractivity (Wildman–Crippen MR) is 75.2 cm³/mol. The molecule has 0 spiro atoms. The zero-order valence-corrected chi connectivity index (χ0v) is 11.0. The molecule has 0 atom stereocenters. The van der Waals surface area contributed by atoms with Crippen LogP contribution >= 0.6 is 0 Å². The van der Waals surface area contributed by atoms with Gasteiger partial charge in [0.05, 0.1) is 0 Å². The Morgan fingerprint density at radius 2 is 1.35 bits per heavy atom. The van der Waals surface area contributed by atoms with Crippen LogP contribution < -0.4 is 5.73 Å². The van der Waals surface area contributed by atoms with Crippen LogP contribution in [-0.4, -0.2) is 0 Å². The molecule has 1 nitrogen and oxygen atoms in total. The number of hydrogen-bond acceptors (Lipinski definition) is 1. The van der Waals surface area contributed by atoms with E-state index >= 15 is 0 Å². The quantitative estimate of drug-likeness (QED) is 0.724. The first kappa shape index (κ1) is 11.7. The Morgan fingerprint density at radius 3 is 1.88 bits per heavy atom. The first-order valence-corrected chi connectivity index (χ1v) is 5.93. The van der Waals surface area contributed by atoms with E-state index in [4.69, 9.17) is 5.73 Å². The fraction of sp³-hybridized carbons (Fsp3) is 0.250. The van der Waals surface area contributed by atoms with Crippen molar-refractivity contribution < 1.29 is 0 Å². The fourth-order valence-corrected chi connectivity index (χ4v) is 2.47. The van der Waals surface area contributed by atoms with E-state index in [1.165, 1.54) is 27.8 Å². The second-order valence-corrected chi connectivity index (χ2v) is 4.85. The van der Waals surface area contributed by atoms with Crippen LogP contribution in [0.5, 0.6) is 0 Å². The Bertz CT molecular complexity index is 545. The lowest BCUT2D eigenvalue weighted by Crippen LogP contribution is -1.93. The fourth-order valence-electron chi connectivity index (χ4n) is 2.47. The molecule has 0 amide bonds. The lowest BCUT2D eigenvalue weighted by molar-refractivity contribution is 1.32. The van der Waals surface area contributed by atoms with Gasteiger partial charge in [0.15, 0.2) is 0 Å². The summed E-state index contributed by atoms with van der Waals surface area (Å²) in [5, 5.41) is 0. The Morgan fingerprint density at radius 1 is 0.765 bits per heavy atom. The molecule has 2 aromatic rings. The Hall–Kier alpha value is -1.76. The first-order chi connectivity index (χ1) is 7.99. The molecule has 0 fully saturated rings. The van der Waals surface area contributed by atoms with Crippen molar-refractivity contribution in [1.82, 2.24) is 0 Å². The number of hydrogen-bond donors (Lipinski definition) is 1. The highest BCUT2D eigenvalue weighted by atomic mass is 14.5. The minimum absolute atomic E-state index is 0.858. The zero-order chi connectivity index (χ0) is 12.6. The molecule has 0 saturated carbocycles. The van der Waals surface area contributed by atoms with Crippen LogP contribution in [-0.2, 0) is 0 Å². The van der Waals surface area contributed by atoms with Gasteiger partial charge in [-0.1, -0.05) is 23.8 Å². The van der Waals surface area contributed by atoms with Crippen molar-refractivity contribution in [3.8, 4) is 11.1 Å². The molecule has 88 valence electrons. The van der Waals surface area contributed by atoms with Crippen molar-refractivity contribution in [2.75, 3.05) is 5.73 Å². The summed E-state index contributed by atoms with van der Waals surface area (Å²) in [7, 11) is 0. The first-order valence-electron chi connectivity index (χ1n) is 5.93. The van der Waals surface area contributed by atoms with Crippen molar-refractivity contribution in [2.24, 2.45) is 0 Å². The third-order valence-corrected chi connectivity index (χ3v) is 3.24. The van der Waals surface area contributed by atoms with Gasteiger partial charge in [0.25, 0.3) is 0 Å². The minimum atomic E-state index is 0.858. The van der Waals surface area contributed by atoms with Crippen LogP contribution in [0.15, 0.2) is 30.3 Å². The molecule has 0 radical (unpaired) electrons. The highest BCUT2D eigenvalue weighted by molar-refractivity contribution is 5.73. The molecule has 0 aliphatic heterocycles. The van der Waals surface area contributed by atoms with Crippen molar-refractivity contribution in [3.63, 3.8) is 0 Å². The average Bonchev–Trinajstić information content (AvgIpc) is 2.21. The van der Waals surface area contributed by atoms with E-state index in [0.717, 1.165) is 11.3 Å². The van der Waals surface area contributed by atoms with Crippen molar-refractivity contribution in [1.29, 1.82) is 0 Å². The molecule has 0 bridgehead atoms. The van der Waals surface area contributed by atoms with Crippen molar-refractivity contribution in [2.45, 2.75) is 27.7 Å². The van der Waals surface area contributed by atoms with E-state index in [0.29, 0.717) is 0 Å². The zero-order valence-electron chi connectivity index (χ0n) is 11.0. The Labute approximate surface area is 103 Å². The standard InChI is InChI=1S/C16H19N/c1-10-7-12(3)16(13(4)8-10)14-5-6-15(17)11(2)9-14/h5-9H,17H2,1-4H3. The molecule has 0 aliphatic rings. The van der Waals surface area contributed by atoms with Gasteiger partial charge in [0, 0.05) is 5.69 Å². The maximum atomic E-state index is 5.87. The number of rotatable bonds is 1. The normalized spacial score (nSPS) is 10.6. The van der Waals surface area contributed by atoms with Gasteiger partial charge < -0.3 is 5.73 Å². The maximum absolute atomic E-state index is 5.87. The summed E-state index contributed by atoms with van der Waals surface area (Å²) in [6.45, 7) is 8.53. The third-order valence-electron chi connectivity index (χ3n) is 3.24. The van der Waals surface area contributed by atoms with E-state index in [9.17, 15) is 0 Å². The Kier molecular flexibility index (Phi) is 2.93. The molecular weight excluding hydrogens is 206 g/mol. The average molecular weight is 225 g/mol. The highest BCUT2D eigenvalue weighted by Gasteiger charge is 2.07. The summed E-state index contributed by atoms with van der Waals surface area (Å²) < 4.78 is 0. The second-order valence-electron chi connectivity index (χ2n) is 4.85. The minimum Gasteiger partial charge on any atom is -0.399 e. The third kappa shape index (κ3) is 2.19. The molecule has 0 aliphatic carbocycles. The monoisotopic (exact) mass is 225 g/mol. The van der Waals surface area contributed by atoms with Gasteiger partial charge in [-0.3, -0.25) is 0 Å². The summed E-state index contributed by atoms with van der Waals surface area (Å²) in [6.07, 6.45) is 0. The highest BCUT2D eigenvalue weighted by Crippen LogP contribution is 2.30. The maximum Gasteiger partial charge on any atom is 0.0344 e. The SMILES string of the molecule is Cc1cc(C)c(-c2ccc(N)c(C)c2)c(C)c1. The van der Waals surface area contributed by atoms with Gasteiger partial charge in [0.2, 0.25) is 0 Å². The number of nitrogen functional groups attached to an aromatic ring is 1. The van der Waals surface area contributed by atoms with Gasteiger partial charge in [-0.25, -0.2) is 0 Å². The van der Waals surface area contributed by atoms with E-state index in [1.807, 2.05) is 6.07 Å². The summed E-state index contributed by atoms with van der Waals surface area (Å²) in [5.41, 5.74) is 14.4. The van der Waals surface area contributed by atoms with Gasteiger partial charge in [-0.2, -0.15) is 0 Å². The predicted octanol–water partition coefficient (Wildman–Crippen LogP) is 4.17. The van der Waals surface area contributed by atoms with Gasteiger partial charge in [0.1, 0.15) is 0 Å². The van der Waals surface area contributed by atoms with E-state index in [1.54, 1.807) is 0 Å². The number of aryl methyl sites for hydroxylation is 4. The Balaban J connectivity index is 2.64. The van der Waals surface area contributed by atoms with E-state index in [-0.39, 0.29) is 0 Å². The molecule has 2 aromatic carbocycles.